The van der Waals surface area contributed by atoms with Gasteiger partial charge >= 0.3 is 5.97 Å². The summed E-state index contributed by atoms with van der Waals surface area (Å²) >= 11 is 0. The molecule has 1 aromatic heterocycles. The van der Waals surface area contributed by atoms with Gasteiger partial charge in [0.15, 0.2) is 0 Å². The summed E-state index contributed by atoms with van der Waals surface area (Å²) in [6.45, 7) is 0. The van der Waals surface area contributed by atoms with Gasteiger partial charge in [0.05, 0.1) is 11.6 Å². The largest absolute Gasteiger partial charge is 0.481 e. The molecule has 9 nitrogen and oxygen atoms in total. The molecule has 0 spiro atoms. The monoisotopic (exact) mass is 411 g/mol. The van der Waals surface area contributed by atoms with Crippen LogP contribution in [0.1, 0.15) is 41.6 Å². The first-order valence-corrected chi connectivity index (χ1v) is 9.72. The zero-order valence-electron chi connectivity index (χ0n) is 17.0. The number of nitrogens with two attached hydrogens (primary N) is 1. The maximum Gasteiger partial charge on any atom is 0.306 e. The van der Waals surface area contributed by atoms with E-state index < -0.39 is 17.4 Å². The van der Waals surface area contributed by atoms with Gasteiger partial charge in [-0.3, -0.25) is 19.8 Å². The van der Waals surface area contributed by atoms with Gasteiger partial charge in [0.1, 0.15) is 11.4 Å². The highest BCUT2D eigenvalue weighted by Gasteiger charge is 2.31. The minimum absolute atomic E-state index is 0.0148. The molecule has 158 valence electrons. The summed E-state index contributed by atoms with van der Waals surface area (Å²) in [5, 5.41) is 20.9. The van der Waals surface area contributed by atoms with Crippen molar-refractivity contribution in [2.24, 2.45) is 18.7 Å². The minimum Gasteiger partial charge on any atom is -0.481 e. The smallest absolute Gasteiger partial charge is 0.306 e. The third kappa shape index (κ3) is 4.24. The van der Waals surface area contributed by atoms with E-state index in [0.717, 1.165) is 4.68 Å². The van der Waals surface area contributed by atoms with Crippen LogP contribution >= 0.6 is 0 Å². The number of carboxylic acid groups (broad SMARTS) is 1. The van der Waals surface area contributed by atoms with Crippen molar-refractivity contribution in [1.82, 2.24) is 14.7 Å². The molecule has 4 N–H and O–H groups in total. The van der Waals surface area contributed by atoms with E-state index in [2.05, 4.69) is 5.10 Å². The molecule has 1 heterocycles. The van der Waals surface area contributed by atoms with Gasteiger partial charge in [0, 0.05) is 31.3 Å². The number of nitrogens with one attached hydrogen (secondary N) is 1. The Morgan fingerprint density at radius 2 is 1.80 bits per heavy atom. The van der Waals surface area contributed by atoms with E-state index in [0.29, 0.717) is 42.5 Å². The molecule has 0 saturated heterocycles. The van der Waals surface area contributed by atoms with Crippen molar-refractivity contribution in [3.8, 4) is 11.3 Å². The molecular formula is C21H25N5O4. The fraction of sp³-hybridized carbons (Fsp3) is 0.381. The Labute approximate surface area is 173 Å². The van der Waals surface area contributed by atoms with Crippen LogP contribution in [0.25, 0.3) is 11.3 Å². The van der Waals surface area contributed by atoms with Crippen molar-refractivity contribution in [3.63, 3.8) is 0 Å². The van der Waals surface area contributed by atoms with Crippen LogP contribution in [0.3, 0.4) is 0 Å². The summed E-state index contributed by atoms with van der Waals surface area (Å²) in [5.74, 6) is -1.63. The van der Waals surface area contributed by atoms with Crippen LogP contribution in [-0.4, -0.2) is 50.6 Å². The van der Waals surface area contributed by atoms with Crippen molar-refractivity contribution >= 4 is 17.7 Å². The minimum atomic E-state index is -0.800. The van der Waals surface area contributed by atoms with Crippen molar-refractivity contribution in [3.05, 3.63) is 51.8 Å². The molecule has 2 aromatic rings. The average Bonchev–Trinajstić information content (AvgIpc) is 2.74. The van der Waals surface area contributed by atoms with Gasteiger partial charge in [-0.1, -0.05) is 24.3 Å². The molecule has 0 radical (unpaired) electrons. The van der Waals surface area contributed by atoms with Crippen LogP contribution in [0.2, 0.25) is 0 Å². The molecule has 0 atom stereocenters. The Kier molecular flexibility index (Phi) is 6.00. The fourth-order valence-corrected chi connectivity index (χ4v) is 3.79. The van der Waals surface area contributed by atoms with Crippen LogP contribution in [-0.2, 0) is 11.8 Å². The summed E-state index contributed by atoms with van der Waals surface area (Å²) in [6, 6.07) is 8.19. The normalized spacial score (nSPS) is 18.6. The third-order valence-corrected chi connectivity index (χ3v) is 5.70. The van der Waals surface area contributed by atoms with Gasteiger partial charge in [0.25, 0.3) is 11.5 Å². The average molecular weight is 411 g/mol. The second-order valence-electron chi connectivity index (χ2n) is 7.62. The Morgan fingerprint density at radius 3 is 2.33 bits per heavy atom. The van der Waals surface area contributed by atoms with E-state index in [4.69, 9.17) is 16.2 Å². The Hall–Kier alpha value is -3.49. The number of amides is 1. The fourth-order valence-electron chi connectivity index (χ4n) is 3.79. The lowest BCUT2D eigenvalue weighted by atomic mass is 9.85. The van der Waals surface area contributed by atoms with E-state index >= 15 is 0 Å². The molecule has 1 aliphatic rings. The van der Waals surface area contributed by atoms with E-state index in [9.17, 15) is 14.4 Å². The highest BCUT2D eigenvalue weighted by molar-refractivity contribution is 5.96. The second kappa shape index (κ2) is 8.48. The number of carbonyl (C=O) groups is 2. The predicted molar refractivity (Wildman–Crippen MR) is 111 cm³/mol. The third-order valence-electron chi connectivity index (χ3n) is 5.70. The predicted octanol–water partition coefficient (Wildman–Crippen LogP) is 1.45. The zero-order valence-corrected chi connectivity index (χ0v) is 17.0. The number of nitrogen functional groups attached to an aromatic ring is 1. The Morgan fingerprint density at radius 1 is 1.20 bits per heavy atom. The van der Waals surface area contributed by atoms with Crippen molar-refractivity contribution in [1.29, 1.82) is 5.41 Å². The lowest BCUT2D eigenvalue weighted by Gasteiger charge is -2.33. The number of benzene rings is 1. The molecule has 0 aliphatic heterocycles. The van der Waals surface area contributed by atoms with Crippen LogP contribution in [0.15, 0.2) is 35.1 Å². The molecule has 9 heteroatoms. The summed E-state index contributed by atoms with van der Waals surface area (Å²) in [6.07, 6.45) is 2.20. The van der Waals surface area contributed by atoms with E-state index in [1.54, 1.807) is 31.3 Å². The number of carbonyl (C=O) groups excluding carboxylic acids is 1. The molecular weight excluding hydrogens is 386 g/mol. The molecule has 1 aromatic carbocycles. The van der Waals surface area contributed by atoms with Crippen LogP contribution < -0.4 is 11.3 Å². The van der Waals surface area contributed by atoms with Crippen LogP contribution in [0, 0.1) is 11.3 Å². The van der Waals surface area contributed by atoms with Gasteiger partial charge in [-0.25, -0.2) is 4.68 Å². The SMILES string of the molecule is Cn1nc(-c2ccc(C(=N)N)cc2)cc(C(=O)N(C)[C@H]2CC[C@H](C(=O)O)CC2)c1=O. The van der Waals surface area contributed by atoms with Gasteiger partial charge in [0.2, 0.25) is 0 Å². The topological polar surface area (TPSA) is 142 Å². The number of carboxylic acids is 1. The lowest BCUT2D eigenvalue weighted by molar-refractivity contribution is -0.143. The summed E-state index contributed by atoms with van der Waals surface area (Å²) in [4.78, 5) is 38.4. The van der Waals surface area contributed by atoms with E-state index in [1.807, 2.05) is 0 Å². The summed E-state index contributed by atoms with van der Waals surface area (Å²) in [7, 11) is 3.14. The standard InChI is InChI=1S/C21H25N5O4/c1-25(15-9-7-14(8-10-15)21(29)30)19(27)16-11-17(24-26(2)20(16)28)12-3-5-13(6-4-12)18(22)23/h3-6,11,14-15H,7-10H2,1-2H3,(H3,22,23)(H,29,30)/t14-,15-. The zero-order chi connectivity index (χ0) is 22.0. The quantitative estimate of drug-likeness (QED) is 0.502. The molecule has 3 rings (SSSR count). The molecule has 0 bridgehead atoms. The number of amidine groups is 1. The highest BCUT2D eigenvalue weighted by atomic mass is 16.4. The maximum absolute atomic E-state index is 13.1. The van der Waals surface area contributed by atoms with Gasteiger partial charge in [-0.05, 0) is 31.7 Å². The van der Waals surface area contributed by atoms with E-state index in [-0.39, 0.29) is 23.4 Å². The van der Waals surface area contributed by atoms with Crippen LogP contribution in [0.4, 0.5) is 0 Å². The van der Waals surface area contributed by atoms with Gasteiger partial charge in [-0.15, -0.1) is 0 Å². The maximum atomic E-state index is 13.1. The van der Waals surface area contributed by atoms with Crippen LogP contribution in [0.5, 0.6) is 0 Å². The van der Waals surface area contributed by atoms with E-state index in [1.165, 1.54) is 18.0 Å². The molecule has 1 aliphatic carbocycles. The second-order valence-corrected chi connectivity index (χ2v) is 7.62. The summed E-state index contributed by atoms with van der Waals surface area (Å²) in [5.41, 5.74) is 6.72. The number of aromatic nitrogens is 2. The number of nitrogens with zero attached hydrogens (tertiary/aromatic N) is 3. The first-order valence-electron chi connectivity index (χ1n) is 9.72. The lowest BCUT2D eigenvalue weighted by Crippen LogP contribution is -2.43. The van der Waals surface area contributed by atoms with Gasteiger partial charge in [-0.2, -0.15) is 5.10 Å². The first-order chi connectivity index (χ1) is 14.2. The summed E-state index contributed by atoms with van der Waals surface area (Å²) < 4.78 is 1.14. The van der Waals surface area contributed by atoms with Crippen molar-refractivity contribution in [2.45, 2.75) is 31.7 Å². The Balaban J connectivity index is 1.86. The van der Waals surface area contributed by atoms with Crippen molar-refractivity contribution in [2.75, 3.05) is 7.05 Å². The molecule has 1 amide bonds. The molecule has 1 saturated carbocycles. The Bertz CT molecular complexity index is 1040. The number of hydrogen-bond acceptors (Lipinski definition) is 5. The highest BCUT2D eigenvalue weighted by Crippen LogP contribution is 2.28. The van der Waals surface area contributed by atoms with Gasteiger partial charge < -0.3 is 15.7 Å². The number of aryl methyl sites for hydroxylation is 1. The molecule has 0 unspecified atom stereocenters. The number of hydrogen-bond donors (Lipinski definition) is 3. The number of rotatable bonds is 5. The first kappa shape index (κ1) is 21.2. The van der Waals surface area contributed by atoms with Crippen molar-refractivity contribution < 1.29 is 14.7 Å². The number of aliphatic carboxylic acids is 1. The molecule has 1 fully saturated rings. The molecule has 30 heavy (non-hydrogen) atoms.